The number of aryl methyl sites for hydroxylation is 2. The third-order valence-corrected chi connectivity index (χ3v) is 4.57. The third kappa shape index (κ3) is 3.26. The van der Waals surface area contributed by atoms with Crippen LogP contribution in [0.5, 0.6) is 0 Å². The van der Waals surface area contributed by atoms with Crippen LogP contribution in [-0.4, -0.2) is 11.3 Å². The molecular formula is C18H15BrClNO. The molecule has 0 atom stereocenters. The van der Waals surface area contributed by atoms with Gasteiger partial charge in [-0.1, -0.05) is 45.7 Å². The highest BCUT2D eigenvalue weighted by Gasteiger charge is 2.11. The summed E-state index contributed by atoms with van der Waals surface area (Å²) in [6.07, 6.45) is 3.20. The molecular weight excluding hydrogens is 362 g/mol. The van der Waals surface area contributed by atoms with Crippen LogP contribution in [0.25, 0.3) is 10.9 Å². The van der Waals surface area contributed by atoms with Gasteiger partial charge in [0, 0.05) is 32.5 Å². The summed E-state index contributed by atoms with van der Waals surface area (Å²) in [7, 11) is 0. The predicted molar refractivity (Wildman–Crippen MR) is 94.6 cm³/mol. The van der Waals surface area contributed by atoms with Crippen LogP contribution in [0.2, 0.25) is 5.02 Å². The smallest absolute Gasteiger partial charge is 0.124 e. The molecule has 0 bridgehead atoms. The van der Waals surface area contributed by atoms with Crippen molar-refractivity contribution in [3.8, 4) is 0 Å². The molecule has 0 saturated heterocycles. The van der Waals surface area contributed by atoms with Crippen molar-refractivity contribution >= 4 is 44.7 Å². The first-order valence-corrected chi connectivity index (χ1v) is 8.31. The fraction of sp³-hybridized carbons (Fsp3) is 0.167. The number of benzene rings is 2. The van der Waals surface area contributed by atoms with E-state index in [1.807, 2.05) is 30.3 Å². The van der Waals surface area contributed by atoms with Gasteiger partial charge in [-0.2, -0.15) is 0 Å². The number of nitrogens with one attached hydrogen (secondary N) is 1. The number of carbonyl (C=O) groups is 1. The molecule has 1 N–H and O–H groups in total. The molecule has 0 aliphatic heterocycles. The first-order valence-electron chi connectivity index (χ1n) is 7.14. The van der Waals surface area contributed by atoms with Crippen molar-refractivity contribution < 1.29 is 4.79 Å². The monoisotopic (exact) mass is 375 g/mol. The topological polar surface area (TPSA) is 32.9 Å². The minimum absolute atomic E-state index is 0.442. The number of H-pyrrole nitrogens is 1. The molecule has 2 aromatic carbocycles. The minimum atomic E-state index is 0.442. The van der Waals surface area contributed by atoms with Crippen LogP contribution in [0.3, 0.4) is 0 Å². The van der Waals surface area contributed by atoms with Crippen LogP contribution in [0.4, 0.5) is 0 Å². The zero-order valence-electron chi connectivity index (χ0n) is 11.9. The number of carbonyl (C=O) groups excluding carboxylic acids is 1. The van der Waals surface area contributed by atoms with Crippen LogP contribution in [-0.2, 0) is 24.1 Å². The highest BCUT2D eigenvalue weighted by Crippen LogP contribution is 2.26. The van der Waals surface area contributed by atoms with Crippen LogP contribution >= 0.6 is 27.5 Å². The summed E-state index contributed by atoms with van der Waals surface area (Å²) < 4.78 is 1.03. The third-order valence-electron chi connectivity index (χ3n) is 3.82. The maximum Gasteiger partial charge on any atom is 0.124 e. The molecule has 4 heteroatoms. The molecule has 1 aromatic heterocycles. The van der Waals surface area contributed by atoms with Crippen LogP contribution in [0, 0.1) is 0 Å². The van der Waals surface area contributed by atoms with Crippen molar-refractivity contribution in [3.05, 3.63) is 68.8 Å². The van der Waals surface area contributed by atoms with E-state index in [0.717, 1.165) is 50.8 Å². The lowest BCUT2D eigenvalue weighted by Crippen LogP contribution is -1.96. The van der Waals surface area contributed by atoms with E-state index in [1.54, 1.807) is 0 Å². The molecule has 0 amide bonds. The molecule has 3 rings (SSSR count). The van der Waals surface area contributed by atoms with Gasteiger partial charge in [-0.05, 0) is 48.2 Å². The summed E-state index contributed by atoms with van der Waals surface area (Å²) in [6, 6.07) is 14.0. The van der Waals surface area contributed by atoms with Gasteiger partial charge in [0.25, 0.3) is 0 Å². The first-order chi connectivity index (χ1) is 10.7. The Balaban J connectivity index is 1.90. The van der Waals surface area contributed by atoms with Gasteiger partial charge in [0.2, 0.25) is 0 Å². The van der Waals surface area contributed by atoms with Crippen LogP contribution in [0.1, 0.15) is 16.8 Å². The number of halogens is 2. The average Bonchev–Trinajstić information content (AvgIpc) is 2.84. The molecule has 0 spiro atoms. The molecule has 1 heterocycles. The molecule has 0 fully saturated rings. The fourth-order valence-electron chi connectivity index (χ4n) is 2.73. The number of aromatic amines is 1. The number of rotatable bonds is 5. The van der Waals surface area contributed by atoms with Gasteiger partial charge in [0.15, 0.2) is 0 Å². The number of fused-ring (bicyclic) bond motifs is 1. The van der Waals surface area contributed by atoms with E-state index < -0.39 is 0 Å². The SMILES string of the molecule is O=CCc1c(CCc2ccc(Cl)cc2)[nH]c2cc(Br)ccc12. The molecule has 2 nitrogen and oxygen atoms in total. The van der Waals surface area contributed by atoms with Gasteiger partial charge in [-0.15, -0.1) is 0 Å². The van der Waals surface area contributed by atoms with Crippen molar-refractivity contribution in [2.45, 2.75) is 19.3 Å². The maximum absolute atomic E-state index is 11.0. The quantitative estimate of drug-likeness (QED) is 0.617. The number of hydrogen-bond donors (Lipinski definition) is 1. The molecule has 0 saturated carbocycles. The van der Waals surface area contributed by atoms with Crippen molar-refractivity contribution in [2.75, 3.05) is 0 Å². The second-order valence-electron chi connectivity index (χ2n) is 5.27. The van der Waals surface area contributed by atoms with Crippen molar-refractivity contribution in [3.63, 3.8) is 0 Å². The highest BCUT2D eigenvalue weighted by molar-refractivity contribution is 9.10. The molecule has 22 heavy (non-hydrogen) atoms. The van der Waals surface area contributed by atoms with E-state index in [2.05, 4.69) is 33.0 Å². The first kappa shape index (κ1) is 15.3. The number of aromatic nitrogens is 1. The largest absolute Gasteiger partial charge is 0.358 e. The van der Waals surface area contributed by atoms with Gasteiger partial charge >= 0.3 is 0 Å². The maximum atomic E-state index is 11.0. The molecule has 0 unspecified atom stereocenters. The number of aldehydes is 1. The zero-order valence-corrected chi connectivity index (χ0v) is 14.2. The van der Waals surface area contributed by atoms with E-state index >= 15 is 0 Å². The molecule has 3 aromatic rings. The van der Waals surface area contributed by atoms with E-state index in [-0.39, 0.29) is 0 Å². The Bertz CT molecular complexity index is 808. The Morgan fingerprint density at radius 3 is 2.59 bits per heavy atom. The van der Waals surface area contributed by atoms with E-state index in [0.29, 0.717) is 6.42 Å². The van der Waals surface area contributed by atoms with Gasteiger partial charge in [0.05, 0.1) is 0 Å². The summed E-state index contributed by atoms with van der Waals surface area (Å²) in [5.74, 6) is 0. The standard InChI is InChI=1S/C18H15BrClNO/c19-13-4-7-15-16(9-10-22)17(21-18(15)11-13)8-3-12-1-5-14(20)6-2-12/h1-2,4-7,10-11,21H,3,8-9H2. The van der Waals surface area contributed by atoms with E-state index in [9.17, 15) is 4.79 Å². The normalized spacial score (nSPS) is 11.0. The summed E-state index contributed by atoms with van der Waals surface area (Å²) in [6.45, 7) is 0. The van der Waals surface area contributed by atoms with Gasteiger partial charge in [0.1, 0.15) is 6.29 Å². The predicted octanol–water partition coefficient (Wildman–Crippen LogP) is 5.11. The van der Waals surface area contributed by atoms with Crippen LogP contribution in [0.15, 0.2) is 46.9 Å². The van der Waals surface area contributed by atoms with E-state index in [4.69, 9.17) is 11.6 Å². The average molecular weight is 377 g/mol. The lowest BCUT2D eigenvalue weighted by atomic mass is 10.0. The van der Waals surface area contributed by atoms with E-state index in [1.165, 1.54) is 5.56 Å². The summed E-state index contributed by atoms with van der Waals surface area (Å²) >= 11 is 9.40. The number of hydrogen-bond acceptors (Lipinski definition) is 1. The van der Waals surface area contributed by atoms with Gasteiger partial charge in [-0.3, -0.25) is 0 Å². The summed E-state index contributed by atoms with van der Waals surface area (Å²) in [5, 5.41) is 1.88. The Hall–Kier alpha value is -1.58. The summed E-state index contributed by atoms with van der Waals surface area (Å²) in [4.78, 5) is 14.5. The van der Waals surface area contributed by atoms with Crippen molar-refractivity contribution in [2.24, 2.45) is 0 Å². The van der Waals surface area contributed by atoms with Crippen LogP contribution < -0.4 is 0 Å². The van der Waals surface area contributed by atoms with Gasteiger partial charge < -0.3 is 9.78 Å². The lowest BCUT2D eigenvalue weighted by Gasteiger charge is -2.03. The second-order valence-corrected chi connectivity index (χ2v) is 6.62. The Kier molecular flexibility index (Phi) is 4.65. The minimum Gasteiger partial charge on any atom is -0.358 e. The molecule has 0 aliphatic rings. The zero-order chi connectivity index (χ0) is 15.5. The Labute approximate surface area is 142 Å². The lowest BCUT2D eigenvalue weighted by molar-refractivity contribution is -0.107. The second kappa shape index (κ2) is 6.67. The Morgan fingerprint density at radius 1 is 1.09 bits per heavy atom. The highest BCUT2D eigenvalue weighted by atomic mass is 79.9. The van der Waals surface area contributed by atoms with Gasteiger partial charge in [-0.25, -0.2) is 0 Å². The summed E-state index contributed by atoms with van der Waals surface area (Å²) in [5.41, 5.74) is 4.54. The van der Waals surface area contributed by atoms with Crippen molar-refractivity contribution in [1.82, 2.24) is 4.98 Å². The fourth-order valence-corrected chi connectivity index (χ4v) is 3.22. The molecule has 112 valence electrons. The molecule has 0 radical (unpaired) electrons. The molecule has 0 aliphatic carbocycles. The van der Waals surface area contributed by atoms with Crippen molar-refractivity contribution in [1.29, 1.82) is 0 Å². The Morgan fingerprint density at radius 2 is 1.86 bits per heavy atom.